The van der Waals surface area contributed by atoms with Gasteiger partial charge in [-0.3, -0.25) is 19.9 Å². The number of rotatable bonds is 5. The summed E-state index contributed by atoms with van der Waals surface area (Å²) < 4.78 is 42.0. The Bertz CT molecular complexity index is 828. The molecule has 1 aliphatic heterocycles. The molecule has 2 amide bonds. The van der Waals surface area contributed by atoms with Gasteiger partial charge in [0.2, 0.25) is 11.9 Å². The number of carbonyl (C=O) groups is 2. The largest absolute Gasteiger partial charge is 0.573 e. The van der Waals surface area contributed by atoms with Gasteiger partial charge >= 0.3 is 6.36 Å². The highest BCUT2D eigenvalue weighted by atomic mass is 35.5. The lowest BCUT2D eigenvalue weighted by atomic mass is 10.1. The van der Waals surface area contributed by atoms with Crippen LogP contribution in [-0.4, -0.2) is 36.2 Å². The van der Waals surface area contributed by atoms with E-state index >= 15 is 0 Å². The zero-order chi connectivity index (χ0) is 20.5. The van der Waals surface area contributed by atoms with Crippen molar-refractivity contribution >= 4 is 35.1 Å². The van der Waals surface area contributed by atoms with E-state index in [0.29, 0.717) is 0 Å². The van der Waals surface area contributed by atoms with E-state index in [1.165, 1.54) is 5.01 Å². The van der Waals surface area contributed by atoms with Crippen molar-refractivity contribution in [3.05, 3.63) is 22.7 Å². The van der Waals surface area contributed by atoms with Crippen molar-refractivity contribution in [1.82, 2.24) is 21.4 Å². The molecule has 0 spiro atoms. The molecule has 0 atom stereocenters. The predicted molar refractivity (Wildman–Crippen MR) is 93.0 cm³/mol. The lowest BCUT2D eigenvalue weighted by Crippen LogP contribution is -2.45. The van der Waals surface area contributed by atoms with Gasteiger partial charge in [-0.1, -0.05) is 11.6 Å². The third-order valence-corrected chi connectivity index (χ3v) is 4.32. The van der Waals surface area contributed by atoms with Crippen molar-refractivity contribution in [3.63, 3.8) is 0 Å². The molecule has 28 heavy (non-hydrogen) atoms. The van der Waals surface area contributed by atoms with Crippen LogP contribution in [0.1, 0.15) is 29.6 Å². The molecule has 4 N–H and O–H groups in total. The highest BCUT2D eigenvalue weighted by Gasteiger charge is 2.34. The van der Waals surface area contributed by atoms with Crippen molar-refractivity contribution in [2.45, 2.75) is 25.6 Å². The summed E-state index contributed by atoms with van der Waals surface area (Å²) in [7, 11) is 1.56. The first kappa shape index (κ1) is 20.0. The summed E-state index contributed by atoms with van der Waals surface area (Å²) in [6.07, 6.45) is -3.08. The van der Waals surface area contributed by atoms with Crippen LogP contribution in [0.4, 0.5) is 18.9 Å². The number of halogens is 4. The van der Waals surface area contributed by atoms with Gasteiger partial charge in [-0.25, -0.2) is 5.53 Å². The molecule has 0 unspecified atom stereocenters. The van der Waals surface area contributed by atoms with E-state index in [4.69, 9.17) is 11.6 Å². The molecule has 1 aliphatic carbocycles. The number of hydrogen-bond acceptors (Lipinski definition) is 7. The van der Waals surface area contributed by atoms with Gasteiger partial charge < -0.3 is 10.1 Å². The van der Waals surface area contributed by atoms with Gasteiger partial charge in [0, 0.05) is 13.5 Å². The number of hydrazone groups is 1. The molecule has 1 aromatic carbocycles. The van der Waals surface area contributed by atoms with Crippen LogP contribution in [-0.2, 0) is 4.79 Å². The number of hydrogen-bond donors (Lipinski definition) is 4. The minimum Gasteiger partial charge on any atom is -0.404 e. The van der Waals surface area contributed by atoms with Gasteiger partial charge in [-0.2, -0.15) is 0 Å². The maximum atomic E-state index is 12.7. The van der Waals surface area contributed by atoms with E-state index in [1.54, 1.807) is 7.05 Å². The maximum absolute atomic E-state index is 12.7. The fraction of sp³-hybridized carbons (Fsp3) is 0.400. The monoisotopic (exact) mass is 420 g/mol. The summed E-state index contributed by atoms with van der Waals surface area (Å²) in [4.78, 5) is 24.5. The molecule has 0 radical (unpaired) electrons. The van der Waals surface area contributed by atoms with Gasteiger partial charge in [-0.05, 0) is 30.9 Å². The molecule has 0 aromatic heterocycles. The summed E-state index contributed by atoms with van der Waals surface area (Å²) in [5.41, 5.74) is 4.38. The smallest absolute Gasteiger partial charge is 0.404 e. The van der Waals surface area contributed by atoms with Crippen LogP contribution in [0.2, 0.25) is 5.02 Å². The Morgan fingerprint density at radius 3 is 2.64 bits per heavy atom. The van der Waals surface area contributed by atoms with Gasteiger partial charge in [0.05, 0.1) is 10.6 Å². The molecule has 152 valence electrons. The fourth-order valence-corrected chi connectivity index (χ4v) is 2.69. The molecule has 13 heteroatoms. The van der Waals surface area contributed by atoms with E-state index < -0.39 is 29.6 Å². The van der Waals surface area contributed by atoms with E-state index in [2.05, 4.69) is 31.5 Å². The molecular weight excluding hydrogens is 405 g/mol. The van der Waals surface area contributed by atoms with Crippen LogP contribution in [0, 0.1) is 5.92 Å². The first-order chi connectivity index (χ1) is 13.1. The number of hydrazine groups is 2. The van der Waals surface area contributed by atoms with Crippen LogP contribution in [0.25, 0.3) is 0 Å². The number of nitrogens with zero attached hydrogens (tertiary/aromatic N) is 2. The fourth-order valence-electron chi connectivity index (χ4n) is 2.40. The number of benzene rings is 1. The van der Waals surface area contributed by atoms with E-state index in [0.717, 1.165) is 25.0 Å². The Labute approximate surface area is 162 Å². The SMILES string of the molecule is CN1NNN=C1NC(=O)c1ccc(OC(F)(F)F)c(NC(=O)CC2CC2)c1Cl. The molecule has 0 saturated heterocycles. The molecule has 1 fully saturated rings. The Morgan fingerprint density at radius 1 is 1.36 bits per heavy atom. The second-order valence-corrected chi connectivity index (χ2v) is 6.59. The minimum atomic E-state index is -5.00. The number of ether oxygens (including phenoxy) is 1. The summed E-state index contributed by atoms with van der Waals surface area (Å²) >= 11 is 6.15. The van der Waals surface area contributed by atoms with Gasteiger partial charge in [0.1, 0.15) is 5.69 Å². The Morgan fingerprint density at radius 2 is 2.07 bits per heavy atom. The Hall–Kier alpha value is -2.73. The Kier molecular flexibility index (Phi) is 5.52. The average molecular weight is 421 g/mol. The van der Waals surface area contributed by atoms with Crippen LogP contribution in [0.15, 0.2) is 17.2 Å². The number of nitrogens with one attached hydrogen (secondary N) is 4. The summed E-state index contributed by atoms with van der Waals surface area (Å²) in [6, 6.07) is 1.98. The van der Waals surface area contributed by atoms with Crippen molar-refractivity contribution in [3.8, 4) is 5.75 Å². The maximum Gasteiger partial charge on any atom is 0.573 e. The van der Waals surface area contributed by atoms with Gasteiger partial charge in [0.25, 0.3) is 5.91 Å². The standard InChI is InChI=1S/C15H16ClF3N6O3/c1-25-14(22-23-24-25)21-13(27)8-4-5-9(28-15(17,18)19)12(11(8)16)20-10(26)6-7-2-3-7/h4-5,7,23-24H,2-3,6H2,1H3,(H,20,26)(H,21,22,27). The molecular formula is C15H16ClF3N6O3. The third-order valence-electron chi connectivity index (χ3n) is 3.93. The topological polar surface area (TPSA) is 107 Å². The van der Waals surface area contributed by atoms with Crippen molar-refractivity contribution in [2.75, 3.05) is 12.4 Å². The third kappa shape index (κ3) is 4.95. The number of anilines is 1. The predicted octanol–water partition coefficient (Wildman–Crippen LogP) is 1.93. The van der Waals surface area contributed by atoms with Gasteiger partial charge in [-0.15, -0.1) is 23.8 Å². The van der Waals surface area contributed by atoms with Crippen molar-refractivity contribution in [2.24, 2.45) is 11.0 Å². The lowest BCUT2D eigenvalue weighted by Gasteiger charge is -2.18. The summed E-state index contributed by atoms with van der Waals surface area (Å²) in [6.45, 7) is 0. The molecule has 0 bridgehead atoms. The highest BCUT2D eigenvalue weighted by molar-refractivity contribution is 6.37. The van der Waals surface area contributed by atoms with Crippen LogP contribution >= 0.6 is 11.6 Å². The molecule has 1 heterocycles. The summed E-state index contributed by atoms with van der Waals surface area (Å²) in [5, 5.41) is 9.48. The second-order valence-electron chi connectivity index (χ2n) is 6.22. The van der Waals surface area contributed by atoms with E-state index in [-0.39, 0.29) is 28.9 Å². The number of carbonyl (C=O) groups excluding carboxylic acids is 2. The highest BCUT2D eigenvalue weighted by Crippen LogP contribution is 2.39. The van der Waals surface area contributed by atoms with Gasteiger partial charge in [0.15, 0.2) is 5.75 Å². The molecule has 1 saturated carbocycles. The average Bonchev–Trinajstić information content (AvgIpc) is 3.31. The van der Waals surface area contributed by atoms with Crippen LogP contribution in [0.5, 0.6) is 5.75 Å². The normalized spacial score (nSPS) is 16.3. The number of guanidine groups is 1. The zero-order valence-corrected chi connectivity index (χ0v) is 15.2. The quantitative estimate of drug-likeness (QED) is 0.580. The Balaban J connectivity index is 1.87. The molecule has 9 nitrogen and oxygen atoms in total. The minimum absolute atomic E-state index is 0.107. The van der Waals surface area contributed by atoms with E-state index in [9.17, 15) is 22.8 Å². The van der Waals surface area contributed by atoms with Crippen LogP contribution < -0.4 is 26.4 Å². The molecule has 1 aromatic rings. The number of alkyl halides is 3. The molecule has 2 aliphatic rings. The number of amides is 2. The summed E-state index contributed by atoms with van der Waals surface area (Å²) in [5.74, 6) is -1.65. The second kappa shape index (κ2) is 7.72. The first-order valence-electron chi connectivity index (χ1n) is 8.15. The first-order valence-corrected chi connectivity index (χ1v) is 8.53. The van der Waals surface area contributed by atoms with Crippen molar-refractivity contribution in [1.29, 1.82) is 0 Å². The molecule has 3 rings (SSSR count). The van der Waals surface area contributed by atoms with Crippen molar-refractivity contribution < 1.29 is 27.5 Å². The lowest BCUT2D eigenvalue weighted by molar-refractivity contribution is -0.274. The zero-order valence-electron chi connectivity index (χ0n) is 14.5. The van der Waals surface area contributed by atoms with E-state index in [1.807, 2.05) is 0 Å². The van der Waals surface area contributed by atoms with Crippen LogP contribution in [0.3, 0.4) is 0 Å².